The van der Waals surface area contributed by atoms with Crippen LogP contribution in [0.25, 0.3) is 0 Å². The minimum atomic E-state index is -0.738. The lowest BCUT2D eigenvalue weighted by Crippen LogP contribution is -2.49. The first-order chi connectivity index (χ1) is 10.4. The van der Waals surface area contributed by atoms with Gasteiger partial charge in [-0.15, -0.1) is 0 Å². The lowest BCUT2D eigenvalue weighted by molar-refractivity contribution is -0.385. The van der Waals surface area contributed by atoms with Gasteiger partial charge in [-0.2, -0.15) is 0 Å². The second-order valence-corrected chi connectivity index (χ2v) is 5.32. The molecule has 1 amide bonds. The van der Waals surface area contributed by atoms with E-state index in [1.165, 1.54) is 0 Å². The van der Waals surface area contributed by atoms with E-state index in [4.69, 9.17) is 5.73 Å². The molecule has 1 aliphatic rings. The molecule has 1 aromatic heterocycles. The number of β-amino-alcohol motifs (C(OH)–C–C–N with tert-alkyl or cyclic N) is 1. The summed E-state index contributed by atoms with van der Waals surface area (Å²) in [5.74, 6) is -0.368. The predicted molar refractivity (Wildman–Crippen MR) is 79.7 cm³/mol. The van der Waals surface area contributed by atoms with Crippen LogP contribution in [0.5, 0.6) is 0 Å². The van der Waals surface area contributed by atoms with Crippen LogP contribution < -0.4 is 10.6 Å². The van der Waals surface area contributed by atoms with Gasteiger partial charge in [0, 0.05) is 38.8 Å². The van der Waals surface area contributed by atoms with Crippen molar-refractivity contribution in [1.29, 1.82) is 0 Å². The Kier molecular flexibility index (Phi) is 4.88. The number of pyridine rings is 1. The SMILES string of the molecule is C[C@@H](O)CN1CCN(c2ncc([N+](=O)[O-])cc2C(N)=O)CC1. The molecule has 0 saturated carbocycles. The van der Waals surface area contributed by atoms with Crippen molar-refractivity contribution in [2.45, 2.75) is 13.0 Å². The van der Waals surface area contributed by atoms with Gasteiger partial charge in [0.05, 0.1) is 16.6 Å². The topological polar surface area (TPSA) is 126 Å². The fourth-order valence-electron chi connectivity index (χ4n) is 2.50. The van der Waals surface area contributed by atoms with Gasteiger partial charge in [0.1, 0.15) is 12.0 Å². The quantitative estimate of drug-likeness (QED) is 0.559. The number of nitrogens with two attached hydrogens (primary N) is 1. The van der Waals surface area contributed by atoms with Gasteiger partial charge in [-0.25, -0.2) is 4.98 Å². The molecule has 1 atom stereocenters. The van der Waals surface area contributed by atoms with Crippen LogP contribution in [0.2, 0.25) is 0 Å². The molecule has 120 valence electrons. The van der Waals surface area contributed by atoms with Gasteiger partial charge < -0.3 is 15.7 Å². The summed E-state index contributed by atoms with van der Waals surface area (Å²) in [6, 6.07) is 1.16. The third-order valence-electron chi connectivity index (χ3n) is 3.52. The van der Waals surface area contributed by atoms with Crippen LogP contribution in [0, 0.1) is 10.1 Å². The highest BCUT2D eigenvalue weighted by atomic mass is 16.6. The smallest absolute Gasteiger partial charge is 0.288 e. The average molecular weight is 309 g/mol. The summed E-state index contributed by atoms with van der Waals surface area (Å²) in [4.78, 5) is 29.7. The largest absolute Gasteiger partial charge is 0.392 e. The monoisotopic (exact) mass is 309 g/mol. The molecule has 0 aliphatic carbocycles. The van der Waals surface area contributed by atoms with E-state index in [0.29, 0.717) is 38.5 Å². The standard InChI is InChI=1S/C13H19N5O4/c1-9(19)8-16-2-4-17(5-3-16)13-11(12(14)20)6-10(7-15-13)18(21)22/h6-7,9,19H,2-5,8H2,1H3,(H2,14,20)/t9-/m1/s1. The molecule has 2 rings (SSSR count). The van der Waals surface area contributed by atoms with Crippen LogP contribution in [-0.2, 0) is 0 Å². The summed E-state index contributed by atoms with van der Waals surface area (Å²) >= 11 is 0. The molecule has 0 bridgehead atoms. The molecule has 0 unspecified atom stereocenters. The van der Waals surface area contributed by atoms with Crippen LogP contribution in [-0.4, -0.2) is 64.6 Å². The maximum absolute atomic E-state index is 11.5. The maximum atomic E-state index is 11.5. The summed E-state index contributed by atoms with van der Waals surface area (Å²) in [7, 11) is 0. The van der Waals surface area contributed by atoms with Crippen LogP contribution in [0.15, 0.2) is 12.3 Å². The Morgan fingerprint density at radius 2 is 2.14 bits per heavy atom. The maximum Gasteiger partial charge on any atom is 0.288 e. The Morgan fingerprint density at radius 1 is 1.50 bits per heavy atom. The summed E-state index contributed by atoms with van der Waals surface area (Å²) in [6.07, 6.45) is 0.731. The van der Waals surface area contributed by atoms with E-state index < -0.39 is 16.9 Å². The minimum absolute atomic E-state index is 0.0539. The number of aliphatic hydroxyl groups is 1. The van der Waals surface area contributed by atoms with E-state index >= 15 is 0 Å². The third-order valence-corrected chi connectivity index (χ3v) is 3.52. The lowest BCUT2D eigenvalue weighted by Gasteiger charge is -2.36. The Bertz CT molecular complexity index is 570. The van der Waals surface area contributed by atoms with Crippen LogP contribution in [0.4, 0.5) is 11.5 Å². The molecule has 0 spiro atoms. The van der Waals surface area contributed by atoms with E-state index in [1.807, 2.05) is 4.90 Å². The first-order valence-corrected chi connectivity index (χ1v) is 6.98. The van der Waals surface area contributed by atoms with Crippen molar-refractivity contribution in [3.63, 3.8) is 0 Å². The highest BCUT2D eigenvalue weighted by molar-refractivity contribution is 5.98. The molecule has 1 fully saturated rings. The number of carbonyl (C=O) groups excluding carboxylic acids is 1. The number of nitrogens with zero attached hydrogens (tertiary/aromatic N) is 4. The number of hydrogen-bond acceptors (Lipinski definition) is 7. The van der Waals surface area contributed by atoms with Gasteiger partial charge in [0.25, 0.3) is 11.6 Å². The first kappa shape index (κ1) is 16.1. The van der Waals surface area contributed by atoms with Crippen molar-refractivity contribution in [3.8, 4) is 0 Å². The molecule has 1 aliphatic heterocycles. The fraction of sp³-hybridized carbons (Fsp3) is 0.538. The summed E-state index contributed by atoms with van der Waals surface area (Å²) < 4.78 is 0. The van der Waals surface area contributed by atoms with Crippen molar-refractivity contribution in [1.82, 2.24) is 9.88 Å². The molecule has 22 heavy (non-hydrogen) atoms. The van der Waals surface area contributed by atoms with Gasteiger partial charge in [-0.1, -0.05) is 0 Å². The second kappa shape index (κ2) is 6.67. The molecule has 9 nitrogen and oxygen atoms in total. The van der Waals surface area contributed by atoms with E-state index in [9.17, 15) is 20.0 Å². The number of piperazine rings is 1. The zero-order chi connectivity index (χ0) is 16.3. The van der Waals surface area contributed by atoms with Gasteiger partial charge in [0.2, 0.25) is 0 Å². The molecule has 9 heteroatoms. The van der Waals surface area contributed by atoms with Crippen LogP contribution in [0.1, 0.15) is 17.3 Å². The molecule has 3 N–H and O–H groups in total. The summed E-state index contributed by atoms with van der Waals surface area (Å²) in [6.45, 7) is 4.96. The first-order valence-electron chi connectivity index (χ1n) is 6.98. The van der Waals surface area contributed by atoms with E-state index in [2.05, 4.69) is 9.88 Å². The second-order valence-electron chi connectivity index (χ2n) is 5.32. The van der Waals surface area contributed by atoms with Crippen molar-refractivity contribution in [2.75, 3.05) is 37.6 Å². The Labute approximate surface area is 127 Å². The van der Waals surface area contributed by atoms with Crippen molar-refractivity contribution in [2.24, 2.45) is 5.73 Å². The zero-order valence-electron chi connectivity index (χ0n) is 12.3. The van der Waals surface area contributed by atoms with Gasteiger partial charge in [0.15, 0.2) is 0 Å². The van der Waals surface area contributed by atoms with Crippen LogP contribution >= 0.6 is 0 Å². The number of aromatic nitrogens is 1. The summed E-state index contributed by atoms with van der Waals surface area (Å²) in [5, 5.41) is 20.2. The fourth-order valence-corrected chi connectivity index (χ4v) is 2.50. The van der Waals surface area contributed by atoms with Crippen molar-refractivity contribution >= 4 is 17.4 Å². The Hall–Kier alpha value is -2.26. The van der Waals surface area contributed by atoms with Crippen molar-refractivity contribution < 1.29 is 14.8 Å². The molecule has 0 aromatic carbocycles. The predicted octanol–water partition coefficient (Wildman–Crippen LogP) is -0.408. The van der Waals surface area contributed by atoms with E-state index in [1.54, 1.807) is 6.92 Å². The van der Waals surface area contributed by atoms with Crippen LogP contribution in [0.3, 0.4) is 0 Å². The number of hydrogen-bond donors (Lipinski definition) is 2. The van der Waals surface area contributed by atoms with E-state index in [-0.39, 0.29) is 11.3 Å². The molecule has 0 radical (unpaired) electrons. The summed E-state index contributed by atoms with van der Waals surface area (Å²) in [5.41, 5.74) is 5.11. The van der Waals surface area contributed by atoms with E-state index in [0.717, 1.165) is 12.3 Å². The lowest BCUT2D eigenvalue weighted by atomic mass is 10.2. The number of aliphatic hydroxyl groups excluding tert-OH is 1. The number of nitro groups is 1. The van der Waals surface area contributed by atoms with Gasteiger partial charge in [-0.05, 0) is 6.92 Å². The van der Waals surface area contributed by atoms with Crippen molar-refractivity contribution in [3.05, 3.63) is 27.9 Å². The molecule has 2 heterocycles. The number of rotatable bonds is 5. The number of amides is 1. The normalized spacial score (nSPS) is 17.3. The number of carbonyl (C=O) groups is 1. The third kappa shape index (κ3) is 3.68. The Balaban J connectivity index is 2.16. The molecular formula is C13H19N5O4. The highest BCUT2D eigenvalue weighted by Gasteiger charge is 2.24. The van der Waals surface area contributed by atoms with Gasteiger partial charge in [-0.3, -0.25) is 19.8 Å². The van der Waals surface area contributed by atoms with Gasteiger partial charge >= 0.3 is 0 Å². The number of primary amides is 1. The highest BCUT2D eigenvalue weighted by Crippen LogP contribution is 2.23. The molecule has 1 aromatic rings. The molecular weight excluding hydrogens is 290 g/mol. The molecule has 1 saturated heterocycles. The Morgan fingerprint density at radius 3 is 2.64 bits per heavy atom. The number of anilines is 1. The average Bonchev–Trinajstić information content (AvgIpc) is 2.46. The zero-order valence-corrected chi connectivity index (χ0v) is 12.3. The minimum Gasteiger partial charge on any atom is -0.392 e.